The minimum absolute atomic E-state index is 0.0360. The number of nitrogens with zero attached hydrogens (tertiary/aromatic N) is 3. The summed E-state index contributed by atoms with van der Waals surface area (Å²) in [6.07, 6.45) is 0.820. The molecule has 0 aliphatic carbocycles. The molecule has 2 aromatic carbocycles. The van der Waals surface area contributed by atoms with Crippen molar-refractivity contribution in [2.75, 3.05) is 23.9 Å². The van der Waals surface area contributed by atoms with Crippen LogP contribution in [0.3, 0.4) is 0 Å². The van der Waals surface area contributed by atoms with Crippen LogP contribution in [0.2, 0.25) is 0 Å². The number of rotatable bonds is 6. The molecule has 1 aliphatic heterocycles. The van der Waals surface area contributed by atoms with Crippen molar-refractivity contribution in [1.29, 1.82) is 0 Å². The Labute approximate surface area is 179 Å². The van der Waals surface area contributed by atoms with Crippen LogP contribution in [-0.2, 0) is 17.8 Å². The van der Waals surface area contributed by atoms with Gasteiger partial charge in [0.25, 0.3) is 11.5 Å². The van der Waals surface area contributed by atoms with E-state index in [1.807, 2.05) is 24.3 Å². The molecule has 0 atom stereocenters. The largest absolute Gasteiger partial charge is 0.497 e. The Bertz CT molecular complexity index is 1190. The van der Waals surface area contributed by atoms with Crippen LogP contribution in [0.5, 0.6) is 5.75 Å². The Hall–Kier alpha value is -3.94. The first-order valence-electron chi connectivity index (χ1n) is 9.97. The number of para-hydroxylation sites is 1. The standard InChI is InChI=1S/C23H22N4O4/c1-31-18-7-4-6-17(15-18)24-21(28)12-14-27-22(29)10-9-19(25-27)23(30)26-13-11-16-5-2-3-8-20(16)26/h2-10,15H,11-14H2,1H3,(H,24,28). The van der Waals surface area contributed by atoms with Gasteiger partial charge < -0.3 is 15.0 Å². The SMILES string of the molecule is COc1cccc(NC(=O)CCn2nc(C(=O)N3CCc4ccccc43)ccc2=O)c1. The van der Waals surface area contributed by atoms with E-state index in [1.165, 1.54) is 12.1 Å². The van der Waals surface area contributed by atoms with E-state index in [-0.39, 0.29) is 36.0 Å². The van der Waals surface area contributed by atoms with E-state index in [4.69, 9.17) is 4.74 Å². The van der Waals surface area contributed by atoms with E-state index in [0.29, 0.717) is 18.0 Å². The van der Waals surface area contributed by atoms with E-state index in [1.54, 1.807) is 36.3 Å². The van der Waals surface area contributed by atoms with Gasteiger partial charge in [-0.2, -0.15) is 5.10 Å². The first-order valence-corrected chi connectivity index (χ1v) is 9.97. The Morgan fingerprint density at radius 2 is 1.94 bits per heavy atom. The molecular formula is C23H22N4O4. The van der Waals surface area contributed by atoms with Gasteiger partial charge in [0.2, 0.25) is 5.91 Å². The number of hydrogen-bond donors (Lipinski definition) is 1. The Balaban J connectivity index is 1.44. The maximum Gasteiger partial charge on any atom is 0.278 e. The highest BCUT2D eigenvalue weighted by molar-refractivity contribution is 6.05. The van der Waals surface area contributed by atoms with E-state index in [0.717, 1.165) is 22.4 Å². The van der Waals surface area contributed by atoms with E-state index in [2.05, 4.69) is 10.4 Å². The number of aryl methyl sites for hydroxylation is 1. The number of carbonyl (C=O) groups is 2. The van der Waals surface area contributed by atoms with Gasteiger partial charge in [-0.05, 0) is 36.2 Å². The highest BCUT2D eigenvalue weighted by Gasteiger charge is 2.26. The quantitative estimate of drug-likeness (QED) is 0.664. The Kier molecular flexibility index (Phi) is 5.79. The first kappa shape index (κ1) is 20.3. The molecule has 0 radical (unpaired) electrons. The fourth-order valence-electron chi connectivity index (χ4n) is 3.54. The maximum absolute atomic E-state index is 13.0. The summed E-state index contributed by atoms with van der Waals surface area (Å²) >= 11 is 0. The molecule has 8 nitrogen and oxygen atoms in total. The maximum atomic E-state index is 13.0. The second-order valence-electron chi connectivity index (χ2n) is 7.15. The number of hydrogen-bond acceptors (Lipinski definition) is 5. The number of carbonyl (C=O) groups excluding carboxylic acids is 2. The molecule has 8 heteroatoms. The van der Waals surface area contributed by atoms with Gasteiger partial charge >= 0.3 is 0 Å². The number of methoxy groups -OCH3 is 1. The average molecular weight is 418 g/mol. The third-order valence-corrected chi connectivity index (χ3v) is 5.12. The van der Waals surface area contributed by atoms with Crippen LogP contribution in [0.15, 0.2) is 65.5 Å². The smallest absolute Gasteiger partial charge is 0.278 e. The lowest BCUT2D eigenvalue weighted by atomic mass is 10.2. The molecule has 31 heavy (non-hydrogen) atoms. The van der Waals surface area contributed by atoms with Crippen molar-refractivity contribution in [2.45, 2.75) is 19.4 Å². The molecule has 0 saturated carbocycles. The Morgan fingerprint density at radius 3 is 2.77 bits per heavy atom. The van der Waals surface area contributed by atoms with Crippen molar-refractivity contribution in [3.8, 4) is 5.75 Å². The third-order valence-electron chi connectivity index (χ3n) is 5.12. The molecule has 1 aliphatic rings. The third kappa shape index (κ3) is 4.48. The Morgan fingerprint density at radius 1 is 1.10 bits per heavy atom. The molecule has 4 rings (SSSR count). The number of nitrogens with one attached hydrogen (secondary N) is 1. The normalized spacial score (nSPS) is 12.4. The monoisotopic (exact) mass is 418 g/mol. The molecular weight excluding hydrogens is 396 g/mol. The van der Waals surface area contributed by atoms with Gasteiger partial charge in [0.15, 0.2) is 0 Å². The summed E-state index contributed by atoms with van der Waals surface area (Å²) < 4.78 is 6.29. The van der Waals surface area contributed by atoms with E-state index < -0.39 is 0 Å². The van der Waals surface area contributed by atoms with E-state index in [9.17, 15) is 14.4 Å². The van der Waals surface area contributed by atoms with Crippen molar-refractivity contribution in [1.82, 2.24) is 9.78 Å². The second-order valence-corrected chi connectivity index (χ2v) is 7.15. The number of amides is 2. The second kappa shape index (κ2) is 8.83. The van der Waals surface area contributed by atoms with Crippen LogP contribution in [0.25, 0.3) is 0 Å². The van der Waals surface area contributed by atoms with Crippen molar-refractivity contribution in [2.24, 2.45) is 0 Å². The summed E-state index contributed by atoms with van der Waals surface area (Å²) in [6, 6.07) is 17.5. The van der Waals surface area contributed by atoms with Gasteiger partial charge in [0.1, 0.15) is 11.4 Å². The summed E-state index contributed by atoms with van der Waals surface area (Å²) in [5.41, 5.74) is 2.38. The summed E-state index contributed by atoms with van der Waals surface area (Å²) in [5.74, 6) is 0.0945. The molecule has 1 N–H and O–H groups in total. The number of fused-ring (bicyclic) bond motifs is 1. The predicted octanol–water partition coefficient (Wildman–Crippen LogP) is 2.48. The fraction of sp³-hybridized carbons (Fsp3) is 0.217. The number of ether oxygens (including phenoxy) is 1. The van der Waals surface area contributed by atoms with E-state index >= 15 is 0 Å². The molecule has 2 amide bonds. The van der Waals surface area contributed by atoms with Gasteiger partial charge in [-0.25, -0.2) is 4.68 Å². The number of benzene rings is 2. The zero-order valence-corrected chi connectivity index (χ0v) is 17.1. The predicted molar refractivity (Wildman–Crippen MR) is 117 cm³/mol. The van der Waals surface area contributed by atoms with Gasteiger partial charge in [-0.3, -0.25) is 14.4 Å². The highest BCUT2D eigenvalue weighted by atomic mass is 16.5. The molecule has 0 bridgehead atoms. The molecule has 0 unspecified atom stereocenters. The lowest BCUT2D eigenvalue weighted by Gasteiger charge is -2.17. The first-order chi connectivity index (χ1) is 15.0. The van der Waals surface area contributed by atoms with Crippen LogP contribution < -0.4 is 20.5 Å². The molecule has 0 fully saturated rings. The van der Waals surface area contributed by atoms with Crippen molar-refractivity contribution >= 4 is 23.2 Å². The zero-order chi connectivity index (χ0) is 21.8. The minimum atomic E-state index is -0.368. The number of aromatic nitrogens is 2. The fourth-order valence-corrected chi connectivity index (χ4v) is 3.54. The number of anilines is 2. The molecule has 0 saturated heterocycles. The molecule has 2 heterocycles. The van der Waals surface area contributed by atoms with Crippen molar-refractivity contribution in [3.05, 3.63) is 82.3 Å². The van der Waals surface area contributed by atoms with Gasteiger partial charge in [0.05, 0.1) is 13.7 Å². The summed E-state index contributed by atoms with van der Waals surface area (Å²) in [5, 5.41) is 6.97. The molecule has 3 aromatic rings. The van der Waals surface area contributed by atoms with Crippen LogP contribution in [0.4, 0.5) is 11.4 Å². The lowest BCUT2D eigenvalue weighted by molar-refractivity contribution is -0.116. The summed E-state index contributed by atoms with van der Waals surface area (Å²) in [4.78, 5) is 39.1. The van der Waals surface area contributed by atoms with Crippen LogP contribution >= 0.6 is 0 Å². The van der Waals surface area contributed by atoms with Gasteiger partial charge in [-0.1, -0.05) is 24.3 Å². The van der Waals surface area contributed by atoms with Crippen molar-refractivity contribution < 1.29 is 14.3 Å². The molecule has 158 valence electrons. The molecule has 0 spiro atoms. The van der Waals surface area contributed by atoms with Crippen LogP contribution in [-0.4, -0.2) is 35.2 Å². The average Bonchev–Trinajstić information content (AvgIpc) is 3.22. The minimum Gasteiger partial charge on any atom is -0.497 e. The topological polar surface area (TPSA) is 93.5 Å². The summed E-state index contributed by atoms with van der Waals surface area (Å²) in [7, 11) is 1.55. The zero-order valence-electron chi connectivity index (χ0n) is 17.1. The lowest BCUT2D eigenvalue weighted by Crippen LogP contribution is -2.33. The molecule has 1 aromatic heterocycles. The van der Waals surface area contributed by atoms with Crippen LogP contribution in [0, 0.1) is 0 Å². The van der Waals surface area contributed by atoms with Crippen LogP contribution in [0.1, 0.15) is 22.5 Å². The summed E-state index contributed by atoms with van der Waals surface area (Å²) in [6.45, 7) is 0.633. The highest BCUT2D eigenvalue weighted by Crippen LogP contribution is 2.28. The van der Waals surface area contributed by atoms with Gasteiger partial charge in [0, 0.05) is 36.5 Å². The van der Waals surface area contributed by atoms with Gasteiger partial charge in [-0.15, -0.1) is 0 Å². The van der Waals surface area contributed by atoms with Crippen molar-refractivity contribution in [3.63, 3.8) is 0 Å².